The molecule has 2 unspecified atom stereocenters. The van der Waals surface area contributed by atoms with E-state index in [2.05, 4.69) is 24.4 Å². The van der Waals surface area contributed by atoms with E-state index in [1.54, 1.807) is 0 Å². The number of hydrogen-bond donors (Lipinski definition) is 2. The van der Waals surface area contributed by atoms with Crippen LogP contribution < -0.4 is 11.1 Å². The zero-order valence-electron chi connectivity index (χ0n) is 12.0. The molecule has 0 aromatic rings. The Morgan fingerprint density at radius 3 is 2.79 bits per heavy atom. The predicted octanol–water partition coefficient (Wildman–Crippen LogP) is 3.57. The summed E-state index contributed by atoms with van der Waals surface area (Å²) in [6.45, 7) is 4.14. The summed E-state index contributed by atoms with van der Waals surface area (Å²) in [6, 6.07) is 0.752. The summed E-state index contributed by atoms with van der Waals surface area (Å²) in [7, 11) is 0. The number of hydrogen-bond acceptors (Lipinski definition) is 2. The number of rotatable bonds is 6. The van der Waals surface area contributed by atoms with E-state index in [1.165, 1.54) is 25.7 Å². The molecular formula is C16H27ClN2. The molecule has 19 heavy (non-hydrogen) atoms. The summed E-state index contributed by atoms with van der Waals surface area (Å²) in [5.74, 6) is 0.527. The van der Waals surface area contributed by atoms with Gasteiger partial charge in [-0.05, 0) is 56.2 Å². The third-order valence-electron chi connectivity index (χ3n) is 4.86. The molecule has 2 rings (SSSR count). The molecule has 0 aromatic heterocycles. The van der Waals surface area contributed by atoms with Gasteiger partial charge in [-0.2, -0.15) is 0 Å². The molecule has 0 amide bonds. The van der Waals surface area contributed by atoms with Crippen LogP contribution in [0.4, 0.5) is 0 Å². The monoisotopic (exact) mass is 282 g/mol. The minimum atomic E-state index is 0.171. The maximum Gasteiger partial charge on any atom is 0.0363 e. The average Bonchev–Trinajstić information content (AvgIpc) is 2.91. The highest BCUT2D eigenvalue weighted by Gasteiger charge is 2.31. The molecule has 0 saturated heterocycles. The molecule has 1 saturated carbocycles. The smallest absolute Gasteiger partial charge is 0.0363 e. The lowest BCUT2D eigenvalue weighted by Crippen LogP contribution is -2.36. The van der Waals surface area contributed by atoms with Gasteiger partial charge in [0.25, 0.3) is 0 Å². The van der Waals surface area contributed by atoms with Gasteiger partial charge in [-0.15, -0.1) is 0 Å². The van der Waals surface area contributed by atoms with Crippen LogP contribution in [0.3, 0.4) is 0 Å². The second-order valence-electron chi connectivity index (χ2n) is 6.29. The quantitative estimate of drug-likeness (QED) is 0.782. The first-order chi connectivity index (χ1) is 9.14. The summed E-state index contributed by atoms with van der Waals surface area (Å²) >= 11 is 6.01. The second kappa shape index (κ2) is 6.92. The third-order valence-corrected chi connectivity index (χ3v) is 5.14. The molecule has 108 valence electrons. The standard InChI is InChI=1S/C16H27ClN2/c1-16(9-6-14(17)7-10-16)13(12-18)8-11-19-15-4-2-3-5-15/h6-7,9,13,15,19H,2-5,8,10-12,18H2,1H3. The van der Waals surface area contributed by atoms with Gasteiger partial charge in [-0.3, -0.25) is 0 Å². The highest BCUT2D eigenvalue weighted by Crippen LogP contribution is 2.38. The summed E-state index contributed by atoms with van der Waals surface area (Å²) in [5.41, 5.74) is 6.17. The molecule has 2 atom stereocenters. The Labute approximate surface area is 122 Å². The zero-order valence-corrected chi connectivity index (χ0v) is 12.8. The fraction of sp³-hybridized carbons (Fsp3) is 0.750. The van der Waals surface area contributed by atoms with E-state index < -0.39 is 0 Å². The maximum atomic E-state index is 6.01. The van der Waals surface area contributed by atoms with Crippen LogP contribution in [0, 0.1) is 11.3 Å². The Kier molecular flexibility index (Phi) is 5.49. The molecule has 2 aliphatic rings. The number of halogens is 1. The van der Waals surface area contributed by atoms with Crippen molar-refractivity contribution in [3.63, 3.8) is 0 Å². The highest BCUT2D eigenvalue weighted by molar-refractivity contribution is 6.31. The van der Waals surface area contributed by atoms with E-state index in [0.29, 0.717) is 5.92 Å². The van der Waals surface area contributed by atoms with Gasteiger partial charge in [0, 0.05) is 11.1 Å². The Balaban J connectivity index is 1.80. The van der Waals surface area contributed by atoms with Crippen molar-refractivity contribution in [3.05, 3.63) is 23.3 Å². The van der Waals surface area contributed by atoms with Crippen molar-refractivity contribution in [1.29, 1.82) is 0 Å². The summed E-state index contributed by atoms with van der Waals surface area (Å²) < 4.78 is 0. The van der Waals surface area contributed by atoms with Gasteiger partial charge in [-0.25, -0.2) is 0 Å². The Bertz CT molecular complexity index is 345. The van der Waals surface area contributed by atoms with Gasteiger partial charge >= 0.3 is 0 Å². The number of nitrogens with one attached hydrogen (secondary N) is 1. The van der Waals surface area contributed by atoms with E-state index in [-0.39, 0.29) is 5.41 Å². The minimum absolute atomic E-state index is 0.171. The van der Waals surface area contributed by atoms with Crippen LogP contribution in [0.1, 0.15) is 45.4 Å². The zero-order chi connectivity index (χ0) is 13.7. The fourth-order valence-electron chi connectivity index (χ4n) is 3.33. The van der Waals surface area contributed by atoms with Crippen LogP contribution in [0.2, 0.25) is 0 Å². The molecule has 1 fully saturated rings. The van der Waals surface area contributed by atoms with Crippen molar-refractivity contribution in [1.82, 2.24) is 5.32 Å². The van der Waals surface area contributed by atoms with Gasteiger partial charge in [-0.1, -0.05) is 43.5 Å². The molecular weight excluding hydrogens is 256 g/mol. The van der Waals surface area contributed by atoms with Crippen LogP contribution in [0.25, 0.3) is 0 Å². The molecule has 0 bridgehead atoms. The number of allylic oxidation sites excluding steroid dienone is 4. The fourth-order valence-corrected chi connectivity index (χ4v) is 3.47. The van der Waals surface area contributed by atoms with Crippen molar-refractivity contribution in [3.8, 4) is 0 Å². The van der Waals surface area contributed by atoms with Crippen molar-refractivity contribution >= 4 is 11.6 Å². The molecule has 0 radical (unpaired) electrons. The van der Waals surface area contributed by atoms with Gasteiger partial charge in [0.2, 0.25) is 0 Å². The lowest BCUT2D eigenvalue weighted by atomic mass is 9.71. The van der Waals surface area contributed by atoms with Crippen LogP contribution >= 0.6 is 11.6 Å². The molecule has 3 N–H and O–H groups in total. The summed E-state index contributed by atoms with van der Waals surface area (Å²) in [4.78, 5) is 0. The third kappa shape index (κ3) is 4.08. The lowest BCUT2D eigenvalue weighted by molar-refractivity contribution is 0.241. The highest BCUT2D eigenvalue weighted by atomic mass is 35.5. The molecule has 2 nitrogen and oxygen atoms in total. The maximum absolute atomic E-state index is 6.01. The van der Waals surface area contributed by atoms with E-state index in [4.69, 9.17) is 17.3 Å². The van der Waals surface area contributed by atoms with Gasteiger partial charge < -0.3 is 11.1 Å². The normalized spacial score (nSPS) is 29.5. The van der Waals surface area contributed by atoms with Crippen LogP contribution in [-0.2, 0) is 0 Å². The second-order valence-corrected chi connectivity index (χ2v) is 6.73. The van der Waals surface area contributed by atoms with Gasteiger partial charge in [0.1, 0.15) is 0 Å². The Hall–Kier alpha value is -0.310. The van der Waals surface area contributed by atoms with E-state index in [1.807, 2.05) is 6.08 Å². The van der Waals surface area contributed by atoms with Gasteiger partial charge in [0.15, 0.2) is 0 Å². The van der Waals surface area contributed by atoms with E-state index in [0.717, 1.165) is 37.0 Å². The molecule has 0 aliphatic heterocycles. The van der Waals surface area contributed by atoms with Crippen LogP contribution in [0.15, 0.2) is 23.3 Å². The largest absolute Gasteiger partial charge is 0.330 e. The minimum Gasteiger partial charge on any atom is -0.330 e. The van der Waals surface area contributed by atoms with E-state index in [9.17, 15) is 0 Å². The lowest BCUT2D eigenvalue weighted by Gasteiger charge is -2.36. The Morgan fingerprint density at radius 2 is 2.21 bits per heavy atom. The average molecular weight is 283 g/mol. The Morgan fingerprint density at radius 1 is 1.47 bits per heavy atom. The summed E-state index contributed by atoms with van der Waals surface area (Å²) in [6.07, 6.45) is 14.0. The SMILES string of the molecule is CC1(C(CN)CCNC2CCCC2)C=CC(Cl)=CC1. The van der Waals surface area contributed by atoms with Crippen LogP contribution in [0.5, 0.6) is 0 Å². The predicted molar refractivity (Wildman–Crippen MR) is 83.2 cm³/mol. The van der Waals surface area contributed by atoms with Crippen molar-refractivity contribution in [2.45, 2.75) is 51.5 Å². The first-order valence-electron chi connectivity index (χ1n) is 7.62. The molecule has 0 heterocycles. The van der Waals surface area contributed by atoms with Crippen LogP contribution in [-0.4, -0.2) is 19.1 Å². The van der Waals surface area contributed by atoms with E-state index >= 15 is 0 Å². The molecule has 0 aromatic carbocycles. The van der Waals surface area contributed by atoms with Crippen molar-refractivity contribution < 1.29 is 0 Å². The van der Waals surface area contributed by atoms with Crippen molar-refractivity contribution in [2.75, 3.05) is 13.1 Å². The molecule has 3 heteroatoms. The number of nitrogens with two attached hydrogens (primary N) is 1. The first-order valence-corrected chi connectivity index (χ1v) is 8.00. The van der Waals surface area contributed by atoms with Crippen molar-refractivity contribution in [2.24, 2.45) is 17.1 Å². The molecule has 2 aliphatic carbocycles. The van der Waals surface area contributed by atoms with Gasteiger partial charge in [0.05, 0.1) is 0 Å². The summed E-state index contributed by atoms with van der Waals surface area (Å²) in [5, 5.41) is 4.55. The molecule has 0 spiro atoms. The first kappa shape index (κ1) is 15.1. The topological polar surface area (TPSA) is 38.0 Å².